The minimum atomic E-state index is -0.593. The van der Waals surface area contributed by atoms with E-state index in [-0.39, 0.29) is 0 Å². The second-order valence-electron chi connectivity index (χ2n) is 23.2. The molecule has 3 aliphatic rings. The average Bonchev–Trinajstić information content (AvgIpc) is 1.59. The minimum Gasteiger partial charge on any atom is -0.292 e. The van der Waals surface area contributed by atoms with E-state index in [9.17, 15) is 0 Å². The Morgan fingerprint density at radius 3 is 1.07 bits per heavy atom. The van der Waals surface area contributed by atoms with Gasteiger partial charge in [-0.1, -0.05) is 273 Å². The van der Waals surface area contributed by atoms with Crippen molar-refractivity contribution < 1.29 is 0 Å². The molecule has 0 fully saturated rings. The zero-order valence-electron chi connectivity index (χ0n) is 46.4. The fourth-order valence-electron chi connectivity index (χ4n) is 15.7. The van der Waals surface area contributed by atoms with Gasteiger partial charge in [-0.05, 0) is 175 Å². The molecule has 2 spiro atoms. The molecule has 15 aromatic rings. The van der Waals surface area contributed by atoms with Gasteiger partial charge in [0.2, 0.25) is 0 Å². The van der Waals surface area contributed by atoms with E-state index in [1.165, 1.54) is 122 Å². The number of fused-ring (bicyclic) bond motifs is 19. The summed E-state index contributed by atoms with van der Waals surface area (Å²) in [6.45, 7) is 0. The molecule has 0 saturated carbocycles. The molecule has 0 bridgehead atoms. The van der Waals surface area contributed by atoms with Crippen LogP contribution in [0.1, 0.15) is 44.5 Å². The maximum atomic E-state index is 5.37. The topological polar surface area (TPSA) is 17.8 Å². The van der Waals surface area contributed by atoms with Gasteiger partial charge in [-0.25, -0.2) is 4.98 Å². The molecule has 18 rings (SSSR count). The molecular weight excluding hydrogens is 1020 g/mol. The molecule has 0 saturated heterocycles. The summed E-state index contributed by atoms with van der Waals surface area (Å²) in [5, 5.41) is 4.85. The summed E-state index contributed by atoms with van der Waals surface area (Å²) in [4.78, 5) is 5.37. The Kier molecular flexibility index (Phi) is 10.3. The fourth-order valence-corrected chi connectivity index (χ4v) is 15.7. The number of rotatable bonds is 6. The number of hydrogen-bond acceptors (Lipinski definition) is 1. The summed E-state index contributed by atoms with van der Waals surface area (Å²) < 4.78 is 2.28. The van der Waals surface area contributed by atoms with Gasteiger partial charge in [0.25, 0.3) is 0 Å². The van der Waals surface area contributed by atoms with E-state index in [1.54, 1.807) is 0 Å². The fraction of sp³-hybridized carbons (Fsp3) is 0.0241. The van der Waals surface area contributed by atoms with Gasteiger partial charge in [0, 0.05) is 11.3 Å². The van der Waals surface area contributed by atoms with E-state index >= 15 is 0 Å². The second-order valence-corrected chi connectivity index (χ2v) is 23.2. The van der Waals surface area contributed by atoms with E-state index in [0.717, 1.165) is 39.2 Å². The third-order valence-corrected chi connectivity index (χ3v) is 19.1. The van der Waals surface area contributed by atoms with Crippen LogP contribution in [0, 0.1) is 0 Å². The smallest absolute Gasteiger partial charge is 0.145 e. The monoisotopic (exact) mass is 1080 g/mol. The maximum Gasteiger partial charge on any atom is 0.145 e. The van der Waals surface area contributed by atoms with Crippen LogP contribution in [0.2, 0.25) is 0 Å². The molecule has 0 atom stereocenters. The lowest BCUT2D eigenvalue weighted by Gasteiger charge is -2.48. The molecule has 85 heavy (non-hydrogen) atoms. The lowest BCUT2D eigenvalue weighted by atomic mass is 9.52. The van der Waals surface area contributed by atoms with E-state index in [1.807, 2.05) is 0 Å². The van der Waals surface area contributed by atoms with Crippen molar-refractivity contribution in [3.8, 4) is 83.8 Å². The molecule has 0 amide bonds. The highest BCUT2D eigenvalue weighted by Gasteiger charge is 2.59. The van der Waals surface area contributed by atoms with E-state index < -0.39 is 10.8 Å². The number of para-hydroxylation sites is 1. The summed E-state index contributed by atoms with van der Waals surface area (Å²) in [5.74, 6) is 0.923. The first-order chi connectivity index (χ1) is 42.2. The summed E-state index contributed by atoms with van der Waals surface area (Å²) >= 11 is 0. The number of imidazole rings is 1. The Morgan fingerprint density at radius 1 is 0.235 bits per heavy atom. The van der Waals surface area contributed by atoms with Crippen LogP contribution in [0.5, 0.6) is 0 Å². The number of hydrogen-bond donors (Lipinski definition) is 0. The van der Waals surface area contributed by atoms with E-state index in [0.29, 0.717) is 0 Å². The van der Waals surface area contributed by atoms with Crippen LogP contribution in [-0.4, -0.2) is 9.55 Å². The lowest BCUT2D eigenvalue weighted by molar-refractivity contribution is 0.633. The molecule has 0 radical (unpaired) electrons. The number of benzene rings is 14. The van der Waals surface area contributed by atoms with Crippen LogP contribution in [0.25, 0.3) is 116 Å². The summed E-state index contributed by atoms with van der Waals surface area (Å²) in [6, 6.07) is 118. The zero-order chi connectivity index (χ0) is 55.8. The first-order valence-corrected chi connectivity index (χ1v) is 29.6. The van der Waals surface area contributed by atoms with Gasteiger partial charge >= 0.3 is 0 Å². The van der Waals surface area contributed by atoms with Crippen molar-refractivity contribution in [3.63, 3.8) is 0 Å². The van der Waals surface area contributed by atoms with Crippen LogP contribution >= 0.6 is 0 Å². The third kappa shape index (κ3) is 6.62. The molecule has 1 heterocycles. The molecule has 0 aliphatic heterocycles. The van der Waals surface area contributed by atoms with Crippen molar-refractivity contribution in [1.82, 2.24) is 9.55 Å². The van der Waals surface area contributed by atoms with Crippen molar-refractivity contribution in [2.24, 2.45) is 0 Å². The highest BCUT2D eigenvalue weighted by molar-refractivity contribution is 6.22. The van der Waals surface area contributed by atoms with Crippen LogP contribution < -0.4 is 0 Å². The maximum absolute atomic E-state index is 5.37. The lowest BCUT2D eigenvalue weighted by Crippen LogP contribution is -2.43. The molecule has 0 N–H and O–H groups in total. The first-order valence-electron chi connectivity index (χ1n) is 29.6. The minimum absolute atomic E-state index is 0.500. The molecular formula is C83H52N2. The van der Waals surface area contributed by atoms with Gasteiger partial charge in [0.1, 0.15) is 5.82 Å². The van der Waals surface area contributed by atoms with E-state index in [2.05, 4.69) is 320 Å². The van der Waals surface area contributed by atoms with Crippen LogP contribution in [0.4, 0.5) is 0 Å². The van der Waals surface area contributed by atoms with Gasteiger partial charge < -0.3 is 0 Å². The molecule has 1 aromatic heterocycles. The van der Waals surface area contributed by atoms with Crippen molar-refractivity contribution in [2.75, 3.05) is 0 Å². The first kappa shape index (κ1) is 47.7. The predicted octanol–water partition coefficient (Wildman–Crippen LogP) is 20.7. The standard InChI is InChI=1S/C83H52N2/c1-5-23-53(24-6-1)79-66-47-43-57(59-44-48-78-77(52-59)84-81(55-27-9-3-10-28-55)85(78)60-29-11-4-12-30-60)50-68(66)80(54-25-7-2-8-26-54)65-46-42-56(49-67(65)79)58-41-45-64-63-33-15-18-36-71(63)83(76(64)51-58)74-39-21-19-37-72(74)82(73-38-20-22-40-75(73)83)69-34-16-13-31-61(69)62-32-14-17-35-70(62)82/h1-52H. The molecule has 2 heteroatoms. The normalized spacial score (nSPS) is 13.6. The Balaban J connectivity index is 0.852. The van der Waals surface area contributed by atoms with Crippen molar-refractivity contribution in [2.45, 2.75) is 10.8 Å². The van der Waals surface area contributed by atoms with Crippen LogP contribution in [-0.2, 0) is 10.8 Å². The van der Waals surface area contributed by atoms with Crippen LogP contribution in [0.3, 0.4) is 0 Å². The van der Waals surface area contributed by atoms with Gasteiger partial charge in [-0.3, -0.25) is 4.57 Å². The Bertz CT molecular complexity index is 5130. The van der Waals surface area contributed by atoms with Crippen molar-refractivity contribution in [3.05, 3.63) is 360 Å². The van der Waals surface area contributed by atoms with Gasteiger partial charge in [0.15, 0.2) is 0 Å². The Hall–Kier alpha value is -10.9. The van der Waals surface area contributed by atoms with Gasteiger partial charge in [0.05, 0.1) is 21.9 Å². The summed E-state index contributed by atoms with van der Waals surface area (Å²) in [5.41, 5.74) is 28.5. The molecule has 3 aliphatic carbocycles. The molecule has 394 valence electrons. The molecule has 14 aromatic carbocycles. The highest BCUT2D eigenvalue weighted by atomic mass is 15.1. The highest BCUT2D eigenvalue weighted by Crippen LogP contribution is 2.67. The van der Waals surface area contributed by atoms with Gasteiger partial charge in [-0.2, -0.15) is 0 Å². The largest absolute Gasteiger partial charge is 0.292 e. The zero-order valence-corrected chi connectivity index (χ0v) is 46.4. The predicted molar refractivity (Wildman–Crippen MR) is 351 cm³/mol. The quantitative estimate of drug-likeness (QED) is 0.152. The Morgan fingerprint density at radius 2 is 0.588 bits per heavy atom. The SMILES string of the molecule is c1ccc(-c2c3ccc(-c4ccc5c(c4)nc(-c4ccccc4)n5-c4ccccc4)cc3c(-c3ccccc3)c3ccc(-c4ccc5c(c4)C4(c6ccccc6-5)c5ccccc5C5(c6ccccc6-c6ccccc65)c5ccccc54)cc23)cc1. The number of aromatic nitrogens is 2. The van der Waals surface area contributed by atoms with E-state index in [4.69, 9.17) is 4.98 Å². The summed E-state index contributed by atoms with van der Waals surface area (Å²) in [6.07, 6.45) is 0. The summed E-state index contributed by atoms with van der Waals surface area (Å²) in [7, 11) is 0. The average molecular weight is 1080 g/mol. The van der Waals surface area contributed by atoms with Crippen molar-refractivity contribution >= 4 is 32.6 Å². The van der Waals surface area contributed by atoms with Gasteiger partial charge in [-0.15, -0.1) is 0 Å². The van der Waals surface area contributed by atoms with Crippen LogP contribution in [0.15, 0.2) is 315 Å². The van der Waals surface area contributed by atoms with Crippen molar-refractivity contribution in [1.29, 1.82) is 0 Å². The molecule has 2 nitrogen and oxygen atoms in total. The third-order valence-electron chi connectivity index (χ3n) is 19.1. The molecule has 0 unspecified atom stereocenters. The Labute approximate surface area is 493 Å². The number of nitrogens with zero attached hydrogens (tertiary/aromatic N) is 2. The second kappa shape index (κ2) is 18.3.